The predicted molar refractivity (Wildman–Crippen MR) is 93.6 cm³/mol. The number of allylic oxidation sites excluding steroid dienone is 1. The van der Waals surface area contributed by atoms with Crippen molar-refractivity contribution >= 4 is 11.9 Å². The number of quaternary nitrogens is 1. The molecule has 1 fully saturated rings. The second-order valence-corrected chi connectivity index (χ2v) is 6.85. The van der Waals surface area contributed by atoms with Crippen LogP contribution in [0.4, 0.5) is 0 Å². The Bertz CT molecular complexity index is 863. The van der Waals surface area contributed by atoms with Gasteiger partial charge in [0, 0.05) is 18.4 Å². The van der Waals surface area contributed by atoms with Crippen molar-refractivity contribution in [1.29, 1.82) is 0 Å². The second kappa shape index (κ2) is 6.37. The van der Waals surface area contributed by atoms with Gasteiger partial charge < -0.3 is 14.7 Å². The van der Waals surface area contributed by atoms with Crippen LogP contribution in [0.3, 0.4) is 0 Å². The van der Waals surface area contributed by atoms with Crippen LogP contribution in [0.15, 0.2) is 42.2 Å². The van der Waals surface area contributed by atoms with E-state index in [1.165, 1.54) is 23.8 Å². The van der Waals surface area contributed by atoms with E-state index in [4.69, 9.17) is 4.74 Å². The molecule has 2 aliphatic rings. The largest absolute Gasteiger partial charge is 0.872 e. The summed E-state index contributed by atoms with van der Waals surface area (Å²) in [5, 5.41) is 12.4. The van der Waals surface area contributed by atoms with Gasteiger partial charge in [-0.1, -0.05) is 36.1 Å². The van der Waals surface area contributed by atoms with Gasteiger partial charge in [0.05, 0.1) is 18.7 Å². The maximum atomic E-state index is 12.7. The maximum absolute atomic E-state index is 12.7. The first-order valence-electron chi connectivity index (χ1n) is 8.80. The Morgan fingerprint density at radius 1 is 1.16 bits per heavy atom. The molecule has 0 aliphatic carbocycles. The zero-order valence-corrected chi connectivity index (χ0v) is 14.3. The number of nitrogens with one attached hydrogen (secondary N) is 1. The summed E-state index contributed by atoms with van der Waals surface area (Å²) in [6, 6.07) is 10.9. The smallest absolute Gasteiger partial charge is 0.231 e. The van der Waals surface area contributed by atoms with Gasteiger partial charge in [0.25, 0.3) is 0 Å². The van der Waals surface area contributed by atoms with Crippen molar-refractivity contribution in [3.05, 3.63) is 64.4 Å². The van der Waals surface area contributed by atoms with Crippen LogP contribution in [0.1, 0.15) is 39.9 Å². The molecule has 2 aliphatic heterocycles. The van der Waals surface area contributed by atoms with Crippen LogP contribution in [-0.2, 0) is 6.54 Å². The van der Waals surface area contributed by atoms with Crippen LogP contribution in [0.25, 0.3) is 6.08 Å². The highest BCUT2D eigenvalue weighted by Gasteiger charge is 2.31. The van der Waals surface area contributed by atoms with E-state index in [0.717, 1.165) is 24.2 Å². The van der Waals surface area contributed by atoms with Crippen LogP contribution in [0.2, 0.25) is 0 Å². The van der Waals surface area contributed by atoms with E-state index in [1.54, 1.807) is 12.1 Å². The molecule has 1 saturated heterocycles. The number of carbonyl (C=O) groups is 1. The fourth-order valence-electron chi connectivity index (χ4n) is 3.65. The summed E-state index contributed by atoms with van der Waals surface area (Å²) in [6.45, 7) is 4.77. The standard InChI is InChI=1S/C21H21NO3/c1-14-6-2-3-7-15(14)12-19-20(24)16-8-9-18(23)17(21(16)25-19)13-22-10-4-5-11-22/h2-3,6-9,12,23H,4-5,10-11,13H2,1H3/b19-12-. The summed E-state index contributed by atoms with van der Waals surface area (Å²) in [7, 11) is 0. The monoisotopic (exact) mass is 335 g/mol. The van der Waals surface area contributed by atoms with Crippen LogP contribution in [0, 0.1) is 6.92 Å². The third-order valence-corrected chi connectivity index (χ3v) is 5.11. The highest BCUT2D eigenvalue weighted by molar-refractivity contribution is 6.15. The van der Waals surface area contributed by atoms with Gasteiger partial charge in [0.15, 0.2) is 5.76 Å². The van der Waals surface area contributed by atoms with Crippen LogP contribution in [-0.4, -0.2) is 18.9 Å². The fourth-order valence-corrected chi connectivity index (χ4v) is 3.65. The van der Waals surface area contributed by atoms with E-state index in [9.17, 15) is 9.90 Å². The molecule has 1 N–H and O–H groups in total. The summed E-state index contributed by atoms with van der Waals surface area (Å²) >= 11 is 0. The minimum absolute atomic E-state index is 0.0388. The zero-order chi connectivity index (χ0) is 17.4. The number of likely N-dealkylation sites (tertiary alicyclic amines) is 1. The molecule has 4 rings (SSSR count). The minimum atomic E-state index is -0.143. The number of benzene rings is 2. The van der Waals surface area contributed by atoms with E-state index in [0.29, 0.717) is 29.2 Å². The lowest BCUT2D eigenvalue weighted by molar-refractivity contribution is -0.901. The van der Waals surface area contributed by atoms with Crippen molar-refractivity contribution in [1.82, 2.24) is 0 Å². The van der Waals surface area contributed by atoms with E-state index in [2.05, 4.69) is 0 Å². The Balaban J connectivity index is 1.70. The Kier molecular flexibility index (Phi) is 4.06. The van der Waals surface area contributed by atoms with Gasteiger partial charge in [-0.3, -0.25) is 4.79 Å². The number of fused-ring (bicyclic) bond motifs is 1. The zero-order valence-electron chi connectivity index (χ0n) is 14.3. The first-order valence-corrected chi connectivity index (χ1v) is 8.80. The Labute approximate surface area is 147 Å². The minimum Gasteiger partial charge on any atom is -0.872 e. The number of ketones is 1. The van der Waals surface area contributed by atoms with Crippen molar-refractivity contribution in [2.75, 3.05) is 13.1 Å². The highest BCUT2D eigenvalue weighted by atomic mass is 16.5. The van der Waals surface area contributed by atoms with Gasteiger partial charge in [0.1, 0.15) is 12.3 Å². The molecule has 0 spiro atoms. The molecule has 0 atom stereocenters. The van der Waals surface area contributed by atoms with Crippen molar-refractivity contribution in [3.63, 3.8) is 0 Å². The summed E-state index contributed by atoms with van der Waals surface area (Å²) in [4.78, 5) is 14.1. The van der Waals surface area contributed by atoms with Crippen molar-refractivity contribution < 1.29 is 19.5 Å². The fraction of sp³-hybridized carbons (Fsp3) is 0.286. The lowest BCUT2D eigenvalue weighted by Gasteiger charge is -2.19. The van der Waals surface area contributed by atoms with Gasteiger partial charge in [0.2, 0.25) is 5.78 Å². The van der Waals surface area contributed by atoms with Crippen LogP contribution < -0.4 is 14.7 Å². The van der Waals surface area contributed by atoms with Gasteiger partial charge in [-0.25, -0.2) is 0 Å². The number of hydrogen-bond donors (Lipinski definition) is 1. The van der Waals surface area contributed by atoms with Crippen molar-refractivity contribution in [2.24, 2.45) is 0 Å². The number of Topliss-reactive ketones (excluding diaryl/α,β-unsaturated/α-hetero) is 1. The first-order chi connectivity index (χ1) is 12.1. The third-order valence-electron chi connectivity index (χ3n) is 5.11. The number of ether oxygens (including phenoxy) is 1. The van der Waals surface area contributed by atoms with Gasteiger partial charge in [-0.2, -0.15) is 0 Å². The third kappa shape index (κ3) is 2.94. The van der Waals surface area contributed by atoms with Crippen LogP contribution in [0.5, 0.6) is 11.5 Å². The molecule has 0 unspecified atom stereocenters. The Morgan fingerprint density at radius 3 is 2.68 bits per heavy atom. The molecule has 2 aromatic carbocycles. The molecule has 0 saturated carbocycles. The van der Waals surface area contributed by atoms with Crippen molar-refractivity contribution in [3.8, 4) is 11.5 Å². The van der Waals surface area contributed by atoms with Gasteiger partial charge >= 0.3 is 0 Å². The normalized spacial score (nSPS) is 18.6. The number of carbonyl (C=O) groups excluding carboxylic acids is 1. The Hall–Kier alpha value is -2.59. The molecule has 2 heterocycles. The topological polar surface area (TPSA) is 53.8 Å². The second-order valence-electron chi connectivity index (χ2n) is 6.85. The average Bonchev–Trinajstić information content (AvgIpc) is 3.21. The molecule has 0 radical (unpaired) electrons. The SMILES string of the molecule is Cc1ccccc1/C=C1\Oc2c(ccc([O-])c2C[NH+]2CCCC2)C1=O. The number of hydrogen-bond acceptors (Lipinski definition) is 3. The molecule has 2 aromatic rings. The Morgan fingerprint density at radius 2 is 1.92 bits per heavy atom. The average molecular weight is 335 g/mol. The number of aryl methyl sites for hydroxylation is 1. The maximum Gasteiger partial charge on any atom is 0.231 e. The van der Waals surface area contributed by atoms with E-state index >= 15 is 0 Å². The summed E-state index contributed by atoms with van der Waals surface area (Å²) in [5.74, 6) is 0.586. The number of rotatable bonds is 3. The van der Waals surface area contributed by atoms with Crippen molar-refractivity contribution in [2.45, 2.75) is 26.3 Å². The van der Waals surface area contributed by atoms with E-state index < -0.39 is 0 Å². The van der Waals surface area contributed by atoms with Gasteiger partial charge in [-0.05, 0) is 30.2 Å². The molecule has 0 bridgehead atoms. The lowest BCUT2D eigenvalue weighted by Crippen LogP contribution is -3.08. The van der Waals surface area contributed by atoms with Gasteiger partial charge in [-0.15, -0.1) is 0 Å². The predicted octanol–water partition coefficient (Wildman–Crippen LogP) is 1.86. The molecule has 4 heteroatoms. The molecular weight excluding hydrogens is 314 g/mol. The summed E-state index contributed by atoms with van der Waals surface area (Å²) in [6.07, 6.45) is 4.15. The molecule has 0 amide bonds. The molecular formula is C21H21NO3. The quantitative estimate of drug-likeness (QED) is 0.871. The highest BCUT2D eigenvalue weighted by Crippen LogP contribution is 2.38. The van der Waals surface area contributed by atoms with E-state index in [1.807, 2.05) is 31.2 Å². The molecule has 128 valence electrons. The van der Waals surface area contributed by atoms with E-state index in [-0.39, 0.29) is 11.5 Å². The van der Waals surface area contributed by atoms with Crippen LogP contribution >= 0.6 is 0 Å². The summed E-state index contributed by atoms with van der Waals surface area (Å²) < 4.78 is 5.90. The molecule has 25 heavy (non-hydrogen) atoms. The molecule has 4 nitrogen and oxygen atoms in total. The summed E-state index contributed by atoms with van der Waals surface area (Å²) in [5.41, 5.74) is 3.17. The molecule has 0 aromatic heterocycles. The first kappa shape index (κ1) is 15.9. The lowest BCUT2D eigenvalue weighted by atomic mass is 10.0.